The Morgan fingerprint density at radius 1 is 1.25 bits per heavy atom. The maximum absolute atomic E-state index is 11.4. The largest absolute Gasteiger partial charge is 0.482 e. The van der Waals surface area contributed by atoms with E-state index in [4.69, 9.17) is 10.5 Å². The third-order valence-electron chi connectivity index (χ3n) is 3.06. The van der Waals surface area contributed by atoms with E-state index in [1.165, 1.54) is 5.56 Å². The number of nitrogens with two attached hydrogens (primary N) is 1. The van der Waals surface area contributed by atoms with Gasteiger partial charge in [-0.15, -0.1) is 0 Å². The number of hydrogen-bond acceptors (Lipinski definition) is 4. The van der Waals surface area contributed by atoms with Gasteiger partial charge in [0.1, 0.15) is 5.75 Å². The molecule has 0 atom stereocenters. The second-order valence-electron chi connectivity index (χ2n) is 4.59. The van der Waals surface area contributed by atoms with Crippen LogP contribution in [0, 0.1) is 6.92 Å². The lowest BCUT2D eigenvalue weighted by Gasteiger charge is -2.19. The molecule has 102 valence electrons. The molecule has 20 heavy (non-hydrogen) atoms. The number of carbonyl (C=O) groups is 1. The first kappa shape index (κ1) is 12.9. The number of ether oxygens (including phenoxy) is 1. The van der Waals surface area contributed by atoms with Crippen LogP contribution in [0.2, 0.25) is 0 Å². The van der Waals surface area contributed by atoms with E-state index in [9.17, 15) is 4.79 Å². The second kappa shape index (κ2) is 5.09. The van der Waals surface area contributed by atoms with Gasteiger partial charge in [-0.3, -0.25) is 4.79 Å². The number of nitrogens with one attached hydrogen (secondary N) is 1. The number of anilines is 2. The number of benzene rings is 2. The highest BCUT2D eigenvalue weighted by molar-refractivity contribution is 7.99. The Morgan fingerprint density at radius 2 is 2.05 bits per heavy atom. The highest BCUT2D eigenvalue weighted by atomic mass is 32.2. The number of aryl methyl sites for hydroxylation is 1. The molecule has 2 aromatic carbocycles. The lowest BCUT2D eigenvalue weighted by Crippen LogP contribution is -2.25. The standard InChI is InChI=1S/C15H14N2O2S/c1-9-4-2-3-5-13(9)20-14-7-11-12(6-10(14)16)19-8-15(18)17-11/h2-7H,8,16H2,1H3,(H,17,18). The van der Waals surface area contributed by atoms with E-state index < -0.39 is 0 Å². The molecule has 3 N–H and O–H groups in total. The van der Waals surface area contributed by atoms with Crippen LogP contribution in [-0.4, -0.2) is 12.5 Å². The van der Waals surface area contributed by atoms with Gasteiger partial charge in [0, 0.05) is 21.5 Å². The van der Waals surface area contributed by atoms with Crippen molar-refractivity contribution in [2.75, 3.05) is 17.7 Å². The van der Waals surface area contributed by atoms with Crippen molar-refractivity contribution in [3.8, 4) is 5.75 Å². The molecule has 0 aliphatic carbocycles. The monoisotopic (exact) mass is 286 g/mol. The quantitative estimate of drug-likeness (QED) is 0.833. The van der Waals surface area contributed by atoms with E-state index in [0.29, 0.717) is 17.1 Å². The Kier molecular flexibility index (Phi) is 3.28. The van der Waals surface area contributed by atoms with Crippen molar-refractivity contribution >= 4 is 29.0 Å². The first-order chi connectivity index (χ1) is 9.63. The molecule has 0 aromatic heterocycles. The second-order valence-corrected chi connectivity index (χ2v) is 5.67. The van der Waals surface area contributed by atoms with Crippen LogP contribution < -0.4 is 15.8 Å². The fraction of sp³-hybridized carbons (Fsp3) is 0.133. The first-order valence-electron chi connectivity index (χ1n) is 6.23. The molecule has 1 aliphatic heterocycles. The average molecular weight is 286 g/mol. The molecular formula is C15H14N2O2S. The zero-order valence-corrected chi connectivity index (χ0v) is 11.8. The lowest BCUT2D eigenvalue weighted by molar-refractivity contribution is -0.118. The summed E-state index contributed by atoms with van der Waals surface area (Å²) in [5.41, 5.74) is 8.57. The molecule has 0 saturated carbocycles. The summed E-state index contributed by atoms with van der Waals surface area (Å²) in [4.78, 5) is 13.4. The Labute approximate surface area is 121 Å². The van der Waals surface area contributed by atoms with E-state index in [2.05, 4.69) is 18.3 Å². The molecule has 0 spiro atoms. The number of rotatable bonds is 2. The molecule has 3 rings (SSSR count). The van der Waals surface area contributed by atoms with Gasteiger partial charge in [-0.1, -0.05) is 30.0 Å². The normalized spacial score (nSPS) is 13.3. The van der Waals surface area contributed by atoms with Crippen molar-refractivity contribution in [2.24, 2.45) is 0 Å². The minimum absolute atomic E-state index is 0.0384. The fourth-order valence-electron chi connectivity index (χ4n) is 2.00. The van der Waals surface area contributed by atoms with Crippen molar-refractivity contribution in [3.63, 3.8) is 0 Å². The zero-order valence-electron chi connectivity index (χ0n) is 11.0. The topological polar surface area (TPSA) is 64.3 Å². The molecule has 1 amide bonds. The van der Waals surface area contributed by atoms with Gasteiger partial charge in [-0.25, -0.2) is 0 Å². The van der Waals surface area contributed by atoms with Crippen molar-refractivity contribution in [1.29, 1.82) is 0 Å². The average Bonchev–Trinajstić information content (AvgIpc) is 2.42. The SMILES string of the molecule is Cc1ccccc1Sc1cc2c(cc1N)OCC(=O)N2. The van der Waals surface area contributed by atoms with E-state index in [0.717, 1.165) is 9.79 Å². The van der Waals surface area contributed by atoms with Gasteiger partial charge in [0.25, 0.3) is 5.91 Å². The van der Waals surface area contributed by atoms with Crippen molar-refractivity contribution in [3.05, 3.63) is 42.0 Å². The van der Waals surface area contributed by atoms with Gasteiger partial charge < -0.3 is 15.8 Å². The summed E-state index contributed by atoms with van der Waals surface area (Å²) in [6, 6.07) is 11.7. The van der Waals surface area contributed by atoms with Crippen LogP contribution in [0.5, 0.6) is 5.75 Å². The molecule has 0 radical (unpaired) electrons. The molecule has 2 aromatic rings. The molecular weight excluding hydrogens is 272 g/mol. The Morgan fingerprint density at radius 3 is 2.85 bits per heavy atom. The van der Waals surface area contributed by atoms with Gasteiger partial charge in [-0.2, -0.15) is 0 Å². The number of amides is 1. The molecule has 1 aliphatic rings. The zero-order chi connectivity index (χ0) is 14.1. The number of hydrogen-bond donors (Lipinski definition) is 2. The third kappa shape index (κ3) is 2.44. The Bertz CT molecular complexity index is 686. The van der Waals surface area contributed by atoms with E-state index >= 15 is 0 Å². The molecule has 0 unspecified atom stereocenters. The molecule has 5 heteroatoms. The summed E-state index contributed by atoms with van der Waals surface area (Å²) in [6.07, 6.45) is 0. The Hall–Kier alpha value is -2.14. The smallest absolute Gasteiger partial charge is 0.262 e. The van der Waals surface area contributed by atoms with Gasteiger partial charge in [0.15, 0.2) is 6.61 Å². The van der Waals surface area contributed by atoms with Gasteiger partial charge in [0.2, 0.25) is 0 Å². The molecule has 4 nitrogen and oxygen atoms in total. The van der Waals surface area contributed by atoms with Crippen LogP contribution in [0.25, 0.3) is 0 Å². The van der Waals surface area contributed by atoms with Crippen molar-refractivity contribution < 1.29 is 9.53 Å². The van der Waals surface area contributed by atoms with Crippen LogP contribution in [0.15, 0.2) is 46.2 Å². The first-order valence-corrected chi connectivity index (χ1v) is 7.05. The summed E-state index contributed by atoms with van der Waals surface area (Å²) < 4.78 is 5.34. The summed E-state index contributed by atoms with van der Waals surface area (Å²) in [5.74, 6) is 0.477. The fourth-order valence-corrected chi connectivity index (χ4v) is 2.97. The van der Waals surface area contributed by atoms with Crippen LogP contribution in [0.4, 0.5) is 11.4 Å². The summed E-state index contributed by atoms with van der Waals surface area (Å²) >= 11 is 1.58. The third-order valence-corrected chi connectivity index (χ3v) is 4.31. The van der Waals surface area contributed by atoms with Crippen molar-refractivity contribution in [1.82, 2.24) is 0 Å². The highest BCUT2D eigenvalue weighted by Gasteiger charge is 2.18. The number of carbonyl (C=O) groups excluding carboxylic acids is 1. The summed E-state index contributed by atoms with van der Waals surface area (Å²) in [5, 5.41) is 2.80. The number of fused-ring (bicyclic) bond motifs is 1. The molecule has 0 bridgehead atoms. The van der Waals surface area contributed by atoms with E-state index in [1.807, 2.05) is 24.3 Å². The lowest BCUT2D eigenvalue weighted by atomic mass is 10.2. The molecule has 1 heterocycles. The van der Waals surface area contributed by atoms with Gasteiger partial charge in [0.05, 0.1) is 5.69 Å². The molecule has 0 fully saturated rings. The maximum atomic E-state index is 11.4. The minimum Gasteiger partial charge on any atom is -0.482 e. The van der Waals surface area contributed by atoms with Crippen LogP contribution in [-0.2, 0) is 4.79 Å². The number of nitrogen functional groups attached to an aromatic ring is 1. The van der Waals surface area contributed by atoms with Crippen LogP contribution in [0.3, 0.4) is 0 Å². The van der Waals surface area contributed by atoms with E-state index in [-0.39, 0.29) is 12.5 Å². The predicted octanol–water partition coefficient (Wildman–Crippen LogP) is 3.06. The minimum atomic E-state index is -0.144. The van der Waals surface area contributed by atoms with Crippen LogP contribution in [0.1, 0.15) is 5.56 Å². The summed E-state index contributed by atoms with van der Waals surface area (Å²) in [6.45, 7) is 2.10. The maximum Gasteiger partial charge on any atom is 0.262 e. The molecule has 0 saturated heterocycles. The summed E-state index contributed by atoms with van der Waals surface area (Å²) in [7, 11) is 0. The predicted molar refractivity (Wildman–Crippen MR) is 80.3 cm³/mol. The highest BCUT2D eigenvalue weighted by Crippen LogP contribution is 2.40. The van der Waals surface area contributed by atoms with Crippen LogP contribution >= 0.6 is 11.8 Å². The van der Waals surface area contributed by atoms with Crippen molar-refractivity contribution in [2.45, 2.75) is 16.7 Å². The van der Waals surface area contributed by atoms with Gasteiger partial charge >= 0.3 is 0 Å². The van der Waals surface area contributed by atoms with E-state index in [1.54, 1.807) is 17.8 Å². The van der Waals surface area contributed by atoms with Gasteiger partial charge in [-0.05, 0) is 24.6 Å². The Balaban J connectivity index is 1.96.